The van der Waals surface area contributed by atoms with E-state index in [1.165, 1.54) is 11.1 Å². The van der Waals surface area contributed by atoms with Gasteiger partial charge in [0.05, 0.1) is 13.2 Å². The van der Waals surface area contributed by atoms with Gasteiger partial charge in [-0.15, -0.1) is 0 Å². The van der Waals surface area contributed by atoms with Crippen LogP contribution in [0.15, 0.2) is 48.5 Å². The fraction of sp³-hybridized carbons (Fsp3) is 0.350. The van der Waals surface area contributed by atoms with E-state index >= 15 is 0 Å². The third-order valence-electron chi connectivity index (χ3n) is 4.31. The summed E-state index contributed by atoms with van der Waals surface area (Å²) in [5, 5.41) is 0. The maximum Gasteiger partial charge on any atom is 0.223 e. The first-order chi connectivity index (χ1) is 11.0. The fourth-order valence-electron chi connectivity index (χ4n) is 2.62. The van der Waals surface area contributed by atoms with Gasteiger partial charge in [0.15, 0.2) is 0 Å². The van der Waals surface area contributed by atoms with Gasteiger partial charge < -0.3 is 9.64 Å². The largest absolute Gasteiger partial charge is 0.496 e. The molecule has 0 aliphatic carbocycles. The zero-order valence-electron chi connectivity index (χ0n) is 14.4. The highest BCUT2D eigenvalue weighted by Crippen LogP contribution is 2.28. The molecule has 0 heterocycles. The summed E-state index contributed by atoms with van der Waals surface area (Å²) >= 11 is 0. The minimum atomic E-state index is -0.0170. The third kappa shape index (κ3) is 4.35. The van der Waals surface area contributed by atoms with E-state index in [2.05, 4.69) is 31.2 Å². The lowest BCUT2D eigenvalue weighted by Gasteiger charge is -2.26. The lowest BCUT2D eigenvalue weighted by Crippen LogP contribution is -2.30. The number of methoxy groups -OCH3 is 1. The van der Waals surface area contributed by atoms with E-state index in [4.69, 9.17) is 4.74 Å². The van der Waals surface area contributed by atoms with Crippen molar-refractivity contribution in [2.24, 2.45) is 0 Å². The second kappa shape index (κ2) is 7.82. The van der Waals surface area contributed by atoms with E-state index < -0.39 is 0 Å². The summed E-state index contributed by atoms with van der Waals surface area (Å²) < 4.78 is 5.40. The van der Waals surface area contributed by atoms with Gasteiger partial charge in [0.1, 0.15) is 5.75 Å². The van der Waals surface area contributed by atoms with Gasteiger partial charge in [-0.1, -0.05) is 48.0 Å². The van der Waals surface area contributed by atoms with Gasteiger partial charge in [0.25, 0.3) is 0 Å². The van der Waals surface area contributed by atoms with E-state index in [-0.39, 0.29) is 11.9 Å². The Bertz CT molecular complexity index is 649. The summed E-state index contributed by atoms with van der Waals surface area (Å²) in [6.45, 7) is 4.10. The molecule has 3 heteroatoms. The minimum absolute atomic E-state index is 0.0170. The number of para-hydroxylation sites is 1. The standard InChI is InChI=1S/C20H25NO2/c1-15-9-11-17(12-10-15)13-14-20(22)21(3)16(2)18-7-5-6-8-19(18)23-4/h5-12,16H,13-14H2,1-4H3. The lowest BCUT2D eigenvalue weighted by atomic mass is 10.0. The molecule has 0 spiro atoms. The number of amides is 1. The number of ether oxygens (including phenoxy) is 1. The molecular weight excluding hydrogens is 286 g/mol. The number of rotatable bonds is 6. The van der Waals surface area contributed by atoms with E-state index in [0.717, 1.165) is 17.7 Å². The van der Waals surface area contributed by atoms with E-state index in [1.807, 2.05) is 38.2 Å². The van der Waals surface area contributed by atoms with Crippen LogP contribution < -0.4 is 4.74 Å². The molecule has 1 atom stereocenters. The molecule has 0 aromatic heterocycles. The van der Waals surface area contributed by atoms with Crippen LogP contribution in [0.5, 0.6) is 5.75 Å². The van der Waals surface area contributed by atoms with Crippen LogP contribution in [0.4, 0.5) is 0 Å². The predicted molar refractivity (Wildman–Crippen MR) is 93.7 cm³/mol. The summed E-state index contributed by atoms with van der Waals surface area (Å²) in [5.74, 6) is 0.960. The zero-order valence-corrected chi connectivity index (χ0v) is 14.4. The second-order valence-corrected chi connectivity index (χ2v) is 5.91. The quantitative estimate of drug-likeness (QED) is 0.802. The van der Waals surface area contributed by atoms with Gasteiger partial charge in [-0.25, -0.2) is 0 Å². The number of aryl methyl sites for hydroxylation is 2. The molecule has 0 bridgehead atoms. The Hall–Kier alpha value is -2.29. The highest BCUT2D eigenvalue weighted by molar-refractivity contribution is 5.76. The maximum atomic E-state index is 12.5. The third-order valence-corrected chi connectivity index (χ3v) is 4.31. The van der Waals surface area contributed by atoms with Crippen molar-refractivity contribution in [3.8, 4) is 5.75 Å². The van der Waals surface area contributed by atoms with E-state index in [9.17, 15) is 4.79 Å². The molecule has 1 unspecified atom stereocenters. The predicted octanol–water partition coefficient (Wildman–Crippen LogP) is 4.16. The summed E-state index contributed by atoms with van der Waals surface area (Å²) in [6.07, 6.45) is 1.28. The molecule has 3 nitrogen and oxygen atoms in total. The Labute approximate surface area is 138 Å². The Morgan fingerprint density at radius 2 is 1.78 bits per heavy atom. The topological polar surface area (TPSA) is 29.5 Å². The molecule has 2 aromatic rings. The van der Waals surface area contributed by atoms with Gasteiger partial charge in [0.2, 0.25) is 5.91 Å². The van der Waals surface area contributed by atoms with Gasteiger partial charge in [0, 0.05) is 19.0 Å². The molecule has 23 heavy (non-hydrogen) atoms. The number of hydrogen-bond acceptors (Lipinski definition) is 2. The number of hydrogen-bond donors (Lipinski definition) is 0. The lowest BCUT2D eigenvalue weighted by molar-refractivity contribution is -0.131. The molecule has 2 aromatic carbocycles. The van der Waals surface area contributed by atoms with Crippen LogP contribution >= 0.6 is 0 Å². The molecule has 0 saturated heterocycles. The first-order valence-corrected chi connectivity index (χ1v) is 7.97. The Morgan fingerprint density at radius 1 is 1.13 bits per heavy atom. The highest BCUT2D eigenvalue weighted by atomic mass is 16.5. The average Bonchev–Trinajstić information content (AvgIpc) is 2.59. The fourth-order valence-corrected chi connectivity index (χ4v) is 2.62. The van der Waals surface area contributed by atoms with Crippen LogP contribution in [-0.2, 0) is 11.2 Å². The smallest absolute Gasteiger partial charge is 0.223 e. The first-order valence-electron chi connectivity index (χ1n) is 7.97. The molecule has 0 radical (unpaired) electrons. The summed E-state index contributed by atoms with van der Waals surface area (Å²) in [5.41, 5.74) is 3.46. The number of carbonyl (C=O) groups is 1. The van der Waals surface area contributed by atoms with Crippen LogP contribution in [0, 0.1) is 6.92 Å². The summed E-state index contributed by atoms with van der Waals surface area (Å²) in [7, 11) is 3.51. The van der Waals surface area contributed by atoms with Crippen LogP contribution in [0.2, 0.25) is 0 Å². The second-order valence-electron chi connectivity index (χ2n) is 5.91. The van der Waals surface area contributed by atoms with Gasteiger partial charge >= 0.3 is 0 Å². The molecule has 2 rings (SSSR count). The maximum absolute atomic E-state index is 12.5. The minimum Gasteiger partial charge on any atom is -0.496 e. The Kier molecular flexibility index (Phi) is 5.80. The van der Waals surface area contributed by atoms with Crippen molar-refractivity contribution in [3.63, 3.8) is 0 Å². The van der Waals surface area contributed by atoms with Crippen molar-refractivity contribution >= 4 is 5.91 Å². The van der Waals surface area contributed by atoms with Crippen LogP contribution in [-0.4, -0.2) is 25.0 Å². The first kappa shape index (κ1) is 17.1. The van der Waals surface area contributed by atoms with Crippen molar-refractivity contribution in [1.29, 1.82) is 0 Å². The van der Waals surface area contributed by atoms with Gasteiger partial charge in [-0.3, -0.25) is 4.79 Å². The molecule has 0 N–H and O–H groups in total. The normalized spacial score (nSPS) is 11.8. The number of nitrogens with zero attached hydrogens (tertiary/aromatic N) is 1. The summed E-state index contributed by atoms with van der Waals surface area (Å²) in [4.78, 5) is 14.3. The van der Waals surface area contributed by atoms with E-state index in [1.54, 1.807) is 12.0 Å². The van der Waals surface area contributed by atoms with Gasteiger partial charge in [-0.2, -0.15) is 0 Å². The monoisotopic (exact) mass is 311 g/mol. The van der Waals surface area contributed by atoms with Crippen molar-refractivity contribution in [1.82, 2.24) is 4.90 Å². The van der Waals surface area contributed by atoms with Crippen molar-refractivity contribution in [3.05, 3.63) is 65.2 Å². The zero-order chi connectivity index (χ0) is 16.8. The summed E-state index contributed by atoms with van der Waals surface area (Å²) in [6, 6.07) is 16.2. The molecule has 1 amide bonds. The van der Waals surface area contributed by atoms with E-state index in [0.29, 0.717) is 6.42 Å². The molecular formula is C20H25NO2. The van der Waals surface area contributed by atoms with Gasteiger partial charge in [-0.05, 0) is 31.9 Å². The number of carbonyl (C=O) groups excluding carboxylic acids is 1. The van der Waals surface area contributed by atoms with Crippen molar-refractivity contribution in [2.45, 2.75) is 32.7 Å². The molecule has 0 aliphatic rings. The number of benzene rings is 2. The molecule has 122 valence electrons. The van der Waals surface area contributed by atoms with Crippen LogP contribution in [0.1, 0.15) is 36.1 Å². The van der Waals surface area contributed by atoms with Crippen LogP contribution in [0.3, 0.4) is 0 Å². The SMILES string of the molecule is COc1ccccc1C(C)N(C)C(=O)CCc1ccc(C)cc1. The Morgan fingerprint density at radius 3 is 2.43 bits per heavy atom. The average molecular weight is 311 g/mol. The van der Waals surface area contributed by atoms with Crippen molar-refractivity contribution in [2.75, 3.05) is 14.2 Å². The molecule has 0 fully saturated rings. The molecule has 0 aliphatic heterocycles. The van der Waals surface area contributed by atoms with Crippen LogP contribution in [0.25, 0.3) is 0 Å². The Balaban J connectivity index is 1.99. The highest BCUT2D eigenvalue weighted by Gasteiger charge is 2.19. The van der Waals surface area contributed by atoms with Crippen molar-refractivity contribution < 1.29 is 9.53 Å². The molecule has 0 saturated carbocycles.